The summed E-state index contributed by atoms with van der Waals surface area (Å²) in [6.07, 6.45) is 0. The molecule has 0 atom stereocenters. The van der Waals surface area contributed by atoms with Crippen molar-refractivity contribution in [3.8, 4) is 0 Å². The van der Waals surface area contributed by atoms with Crippen LogP contribution in [0.5, 0.6) is 0 Å². The van der Waals surface area contributed by atoms with Crippen molar-refractivity contribution in [2.24, 2.45) is 0 Å². The summed E-state index contributed by atoms with van der Waals surface area (Å²) in [6.45, 7) is 12.4. The van der Waals surface area contributed by atoms with Crippen LogP contribution in [0.25, 0.3) is 0 Å². The SMILES string of the molecule is CCN1CCN(C(=O)c2ccc(C)c(S(=O)(=O)N(CC)CC)c2)CC1. The molecular formula is C18H29N3O3S. The van der Waals surface area contributed by atoms with E-state index in [-0.39, 0.29) is 10.8 Å². The molecule has 1 aromatic carbocycles. The predicted octanol–water partition coefficient (Wildman–Crippen LogP) is 1.80. The first-order valence-corrected chi connectivity index (χ1v) is 10.4. The van der Waals surface area contributed by atoms with Crippen molar-refractivity contribution in [3.05, 3.63) is 29.3 Å². The second-order valence-corrected chi connectivity index (χ2v) is 8.20. The van der Waals surface area contributed by atoms with Crippen molar-refractivity contribution >= 4 is 15.9 Å². The highest BCUT2D eigenvalue weighted by molar-refractivity contribution is 7.89. The van der Waals surface area contributed by atoms with E-state index in [1.807, 2.05) is 18.7 Å². The second-order valence-electron chi connectivity index (χ2n) is 6.30. The van der Waals surface area contributed by atoms with Crippen LogP contribution in [0.3, 0.4) is 0 Å². The summed E-state index contributed by atoms with van der Waals surface area (Å²) in [4.78, 5) is 17.1. The summed E-state index contributed by atoms with van der Waals surface area (Å²) in [5.41, 5.74) is 1.11. The highest BCUT2D eigenvalue weighted by atomic mass is 32.2. The minimum atomic E-state index is -3.58. The molecule has 1 aliphatic heterocycles. The molecule has 6 nitrogen and oxygen atoms in total. The van der Waals surface area contributed by atoms with Gasteiger partial charge in [-0.2, -0.15) is 4.31 Å². The van der Waals surface area contributed by atoms with Gasteiger partial charge in [-0.3, -0.25) is 4.79 Å². The molecule has 1 amide bonds. The standard InChI is InChI=1S/C18H29N3O3S/c1-5-19-10-12-20(13-11-19)18(22)16-9-8-15(4)17(14-16)25(23,24)21(6-2)7-3/h8-9,14H,5-7,10-13H2,1-4H3. The Morgan fingerprint density at radius 2 is 1.68 bits per heavy atom. The van der Waals surface area contributed by atoms with Crippen LogP contribution in [0.2, 0.25) is 0 Å². The number of aryl methyl sites for hydroxylation is 1. The highest BCUT2D eigenvalue weighted by Crippen LogP contribution is 2.22. The van der Waals surface area contributed by atoms with E-state index in [0.717, 1.165) is 19.6 Å². The molecule has 0 aromatic heterocycles. The zero-order valence-electron chi connectivity index (χ0n) is 15.7. The smallest absolute Gasteiger partial charge is 0.253 e. The van der Waals surface area contributed by atoms with Crippen LogP contribution in [0.4, 0.5) is 0 Å². The van der Waals surface area contributed by atoms with Crippen molar-refractivity contribution in [1.29, 1.82) is 0 Å². The molecule has 1 aliphatic rings. The molecule has 1 saturated heterocycles. The maximum Gasteiger partial charge on any atom is 0.253 e. The Morgan fingerprint density at radius 1 is 1.08 bits per heavy atom. The Hall–Kier alpha value is -1.44. The monoisotopic (exact) mass is 367 g/mol. The van der Waals surface area contributed by atoms with Crippen LogP contribution >= 0.6 is 0 Å². The molecule has 0 aliphatic carbocycles. The number of piperazine rings is 1. The lowest BCUT2D eigenvalue weighted by Crippen LogP contribution is -2.48. The largest absolute Gasteiger partial charge is 0.336 e. The molecule has 0 unspecified atom stereocenters. The van der Waals surface area contributed by atoms with Crippen molar-refractivity contribution in [3.63, 3.8) is 0 Å². The van der Waals surface area contributed by atoms with Gasteiger partial charge in [-0.15, -0.1) is 0 Å². The number of hydrogen-bond acceptors (Lipinski definition) is 4. The number of amides is 1. The van der Waals surface area contributed by atoms with Gasteiger partial charge in [-0.05, 0) is 31.2 Å². The zero-order valence-corrected chi connectivity index (χ0v) is 16.5. The molecule has 140 valence electrons. The molecule has 0 saturated carbocycles. The Balaban J connectivity index is 2.28. The van der Waals surface area contributed by atoms with Gasteiger partial charge in [-0.1, -0.05) is 26.8 Å². The number of likely N-dealkylation sites (N-methyl/N-ethyl adjacent to an activating group) is 1. The number of carbonyl (C=O) groups is 1. The molecule has 0 radical (unpaired) electrons. The van der Waals surface area contributed by atoms with Crippen molar-refractivity contribution < 1.29 is 13.2 Å². The summed E-state index contributed by atoms with van der Waals surface area (Å²) < 4.78 is 27.1. The van der Waals surface area contributed by atoms with Crippen LogP contribution in [0.1, 0.15) is 36.7 Å². The van der Waals surface area contributed by atoms with E-state index < -0.39 is 10.0 Å². The molecule has 7 heteroatoms. The lowest BCUT2D eigenvalue weighted by Gasteiger charge is -2.34. The zero-order chi connectivity index (χ0) is 18.6. The van der Waals surface area contributed by atoms with Gasteiger partial charge in [0.05, 0.1) is 4.90 Å². The first-order chi connectivity index (χ1) is 11.8. The third-order valence-corrected chi connectivity index (χ3v) is 7.06. The van der Waals surface area contributed by atoms with E-state index in [2.05, 4.69) is 11.8 Å². The predicted molar refractivity (Wildman–Crippen MR) is 99.3 cm³/mol. The van der Waals surface area contributed by atoms with Gasteiger partial charge in [0.25, 0.3) is 5.91 Å². The molecule has 25 heavy (non-hydrogen) atoms. The van der Waals surface area contributed by atoms with E-state index >= 15 is 0 Å². The molecular weight excluding hydrogens is 338 g/mol. The maximum atomic E-state index is 12.8. The first-order valence-electron chi connectivity index (χ1n) is 8.97. The Labute approximate surface area is 151 Å². The normalized spacial score (nSPS) is 16.4. The van der Waals surface area contributed by atoms with Crippen LogP contribution in [-0.2, 0) is 10.0 Å². The van der Waals surface area contributed by atoms with Gasteiger partial charge in [-0.25, -0.2) is 8.42 Å². The van der Waals surface area contributed by atoms with Gasteiger partial charge in [0.15, 0.2) is 0 Å². The lowest BCUT2D eigenvalue weighted by atomic mass is 10.1. The topological polar surface area (TPSA) is 60.9 Å². The summed E-state index contributed by atoms with van der Waals surface area (Å²) in [6, 6.07) is 4.99. The van der Waals surface area contributed by atoms with Crippen molar-refractivity contribution in [2.75, 3.05) is 45.8 Å². The molecule has 2 rings (SSSR count). The van der Waals surface area contributed by atoms with Crippen molar-refractivity contribution in [2.45, 2.75) is 32.6 Å². The Morgan fingerprint density at radius 3 is 2.20 bits per heavy atom. The molecule has 0 bridgehead atoms. The fraction of sp³-hybridized carbons (Fsp3) is 0.611. The van der Waals surface area contributed by atoms with Crippen molar-refractivity contribution in [1.82, 2.24) is 14.1 Å². The van der Waals surface area contributed by atoms with Gasteiger partial charge in [0, 0.05) is 44.8 Å². The quantitative estimate of drug-likeness (QED) is 0.769. The number of hydrogen-bond donors (Lipinski definition) is 0. The Kier molecular flexibility index (Phi) is 6.59. The Bertz CT molecular complexity index is 706. The molecule has 1 fully saturated rings. The lowest BCUT2D eigenvalue weighted by molar-refractivity contribution is 0.0643. The second kappa shape index (κ2) is 8.29. The number of carbonyl (C=O) groups excluding carboxylic acids is 1. The van der Waals surface area contributed by atoms with Gasteiger partial charge in [0.2, 0.25) is 10.0 Å². The summed E-state index contributed by atoms with van der Waals surface area (Å²) in [5.74, 6) is -0.0910. The van der Waals surface area contributed by atoms with Crippen LogP contribution < -0.4 is 0 Å². The van der Waals surface area contributed by atoms with Crippen LogP contribution in [0.15, 0.2) is 23.1 Å². The van der Waals surface area contributed by atoms with E-state index in [1.54, 1.807) is 19.1 Å². The van der Waals surface area contributed by atoms with Gasteiger partial charge >= 0.3 is 0 Å². The van der Waals surface area contributed by atoms with E-state index in [1.165, 1.54) is 10.4 Å². The fourth-order valence-corrected chi connectivity index (χ4v) is 4.87. The molecule has 1 heterocycles. The fourth-order valence-electron chi connectivity index (χ4n) is 3.16. The first kappa shape index (κ1) is 19.9. The molecule has 0 spiro atoms. The minimum absolute atomic E-state index is 0.0910. The number of rotatable bonds is 6. The highest BCUT2D eigenvalue weighted by Gasteiger charge is 2.26. The minimum Gasteiger partial charge on any atom is -0.336 e. The third-order valence-electron chi connectivity index (χ3n) is 4.87. The van der Waals surface area contributed by atoms with Crippen LogP contribution in [0, 0.1) is 6.92 Å². The molecule has 0 N–H and O–H groups in total. The number of benzene rings is 1. The van der Waals surface area contributed by atoms with Crippen LogP contribution in [-0.4, -0.2) is 74.2 Å². The van der Waals surface area contributed by atoms with Gasteiger partial charge in [0.1, 0.15) is 0 Å². The number of sulfonamides is 1. The molecule has 1 aromatic rings. The summed E-state index contributed by atoms with van der Waals surface area (Å²) in [7, 11) is -3.58. The van der Waals surface area contributed by atoms with E-state index in [9.17, 15) is 13.2 Å². The third kappa shape index (κ3) is 4.22. The van der Waals surface area contributed by atoms with E-state index in [0.29, 0.717) is 37.3 Å². The van der Waals surface area contributed by atoms with Gasteiger partial charge < -0.3 is 9.80 Å². The average molecular weight is 368 g/mol. The average Bonchev–Trinajstić information content (AvgIpc) is 2.62. The number of nitrogens with zero attached hydrogens (tertiary/aromatic N) is 3. The maximum absolute atomic E-state index is 12.8. The summed E-state index contributed by atoms with van der Waals surface area (Å²) in [5, 5.41) is 0. The van der Waals surface area contributed by atoms with E-state index in [4.69, 9.17) is 0 Å². The summed E-state index contributed by atoms with van der Waals surface area (Å²) >= 11 is 0.